The molecule has 0 unspecified atom stereocenters. The fourth-order valence-electron chi connectivity index (χ4n) is 1.77. The minimum atomic E-state index is 0.320. The number of hydrogen-bond acceptors (Lipinski definition) is 7. The zero-order valence-corrected chi connectivity index (χ0v) is 10.3. The van der Waals surface area contributed by atoms with E-state index < -0.39 is 0 Å². The molecule has 0 aromatic carbocycles. The van der Waals surface area contributed by atoms with Crippen LogP contribution in [0.25, 0.3) is 11.0 Å². The SMILES string of the molecule is Cn1ccc(CNc2nc(NN)nc3[nH]ncc23)n1. The van der Waals surface area contributed by atoms with Crippen molar-refractivity contribution in [1.82, 2.24) is 29.9 Å². The van der Waals surface area contributed by atoms with Crippen molar-refractivity contribution in [3.05, 3.63) is 24.2 Å². The molecule has 0 saturated carbocycles. The number of hydrazine groups is 1. The Morgan fingerprint density at radius 2 is 2.32 bits per heavy atom. The van der Waals surface area contributed by atoms with E-state index in [-0.39, 0.29) is 0 Å². The van der Waals surface area contributed by atoms with Gasteiger partial charge >= 0.3 is 0 Å². The van der Waals surface area contributed by atoms with E-state index in [0.717, 1.165) is 11.1 Å². The van der Waals surface area contributed by atoms with Crippen LogP contribution < -0.4 is 16.6 Å². The number of aromatic amines is 1. The first-order valence-electron chi connectivity index (χ1n) is 5.66. The fraction of sp³-hybridized carbons (Fsp3) is 0.200. The Hall–Kier alpha value is -2.68. The summed E-state index contributed by atoms with van der Waals surface area (Å²) in [7, 11) is 1.87. The van der Waals surface area contributed by atoms with Crippen molar-refractivity contribution in [3.63, 3.8) is 0 Å². The number of anilines is 2. The third-order valence-electron chi connectivity index (χ3n) is 2.64. The molecule has 0 radical (unpaired) electrons. The Balaban J connectivity index is 1.88. The normalized spacial score (nSPS) is 10.8. The van der Waals surface area contributed by atoms with Gasteiger partial charge in [0.1, 0.15) is 5.82 Å². The van der Waals surface area contributed by atoms with E-state index in [2.05, 4.69) is 36.0 Å². The van der Waals surface area contributed by atoms with Gasteiger partial charge in [-0.05, 0) is 6.07 Å². The first kappa shape index (κ1) is 11.4. The van der Waals surface area contributed by atoms with E-state index in [9.17, 15) is 0 Å². The van der Waals surface area contributed by atoms with Gasteiger partial charge in [0.2, 0.25) is 5.95 Å². The predicted molar refractivity (Wildman–Crippen MR) is 70.0 cm³/mol. The summed E-state index contributed by atoms with van der Waals surface area (Å²) >= 11 is 0. The lowest BCUT2D eigenvalue weighted by Gasteiger charge is -2.06. The zero-order chi connectivity index (χ0) is 13.2. The summed E-state index contributed by atoms with van der Waals surface area (Å²) in [4.78, 5) is 8.41. The molecular formula is C10H13N9. The van der Waals surface area contributed by atoms with Gasteiger partial charge in [0.05, 0.1) is 23.8 Å². The number of rotatable bonds is 4. The number of hydrogen-bond donors (Lipinski definition) is 4. The Kier molecular flexibility index (Phi) is 2.72. The maximum Gasteiger partial charge on any atom is 0.241 e. The molecule has 5 N–H and O–H groups in total. The van der Waals surface area contributed by atoms with Crippen molar-refractivity contribution in [2.75, 3.05) is 10.7 Å². The average molecular weight is 259 g/mol. The first-order chi connectivity index (χ1) is 9.26. The Morgan fingerprint density at radius 1 is 1.42 bits per heavy atom. The van der Waals surface area contributed by atoms with Crippen molar-refractivity contribution in [3.8, 4) is 0 Å². The Labute approximate surface area is 108 Å². The van der Waals surface area contributed by atoms with Gasteiger partial charge < -0.3 is 5.32 Å². The smallest absolute Gasteiger partial charge is 0.241 e. The molecule has 0 atom stereocenters. The number of nitrogens with two attached hydrogens (primary N) is 1. The van der Waals surface area contributed by atoms with Crippen LogP contribution in [0.3, 0.4) is 0 Å². The van der Waals surface area contributed by atoms with Crippen LogP contribution >= 0.6 is 0 Å². The second-order valence-electron chi connectivity index (χ2n) is 4.01. The van der Waals surface area contributed by atoms with Crippen molar-refractivity contribution in [2.24, 2.45) is 12.9 Å². The van der Waals surface area contributed by atoms with E-state index in [1.54, 1.807) is 10.9 Å². The summed E-state index contributed by atoms with van der Waals surface area (Å²) in [5.41, 5.74) is 3.96. The van der Waals surface area contributed by atoms with Gasteiger partial charge in [-0.25, -0.2) is 5.84 Å². The van der Waals surface area contributed by atoms with Crippen LogP contribution in [-0.4, -0.2) is 29.9 Å². The van der Waals surface area contributed by atoms with Gasteiger partial charge in [-0.15, -0.1) is 0 Å². The lowest BCUT2D eigenvalue weighted by atomic mass is 10.3. The topological polar surface area (TPSA) is 122 Å². The van der Waals surface area contributed by atoms with Gasteiger partial charge in [-0.2, -0.15) is 20.2 Å². The van der Waals surface area contributed by atoms with E-state index in [0.29, 0.717) is 24.0 Å². The number of nitrogens with one attached hydrogen (secondary N) is 3. The highest BCUT2D eigenvalue weighted by atomic mass is 15.3. The van der Waals surface area contributed by atoms with Crippen molar-refractivity contribution in [2.45, 2.75) is 6.54 Å². The molecule has 0 amide bonds. The van der Waals surface area contributed by atoms with Crippen LogP contribution in [0.1, 0.15) is 5.69 Å². The molecule has 0 aliphatic carbocycles. The van der Waals surface area contributed by atoms with Gasteiger partial charge in [0.25, 0.3) is 0 Å². The molecule has 3 aromatic rings. The summed E-state index contributed by atoms with van der Waals surface area (Å²) in [5, 5.41) is 15.0. The number of nitrogen functional groups attached to an aromatic ring is 1. The minimum Gasteiger partial charge on any atom is -0.364 e. The zero-order valence-electron chi connectivity index (χ0n) is 10.3. The molecule has 3 aromatic heterocycles. The second kappa shape index (κ2) is 4.53. The highest BCUT2D eigenvalue weighted by molar-refractivity contribution is 5.86. The molecular weight excluding hydrogens is 246 g/mol. The number of aryl methyl sites for hydroxylation is 1. The maximum atomic E-state index is 5.34. The van der Waals surface area contributed by atoms with Gasteiger partial charge in [-0.3, -0.25) is 15.2 Å². The summed E-state index contributed by atoms with van der Waals surface area (Å²) in [5.74, 6) is 6.31. The van der Waals surface area contributed by atoms with Crippen LogP contribution in [-0.2, 0) is 13.6 Å². The first-order valence-corrected chi connectivity index (χ1v) is 5.66. The molecule has 3 rings (SSSR count). The molecule has 9 heteroatoms. The average Bonchev–Trinajstić information content (AvgIpc) is 3.04. The molecule has 0 aliphatic rings. The molecule has 0 fully saturated rings. The van der Waals surface area contributed by atoms with E-state index >= 15 is 0 Å². The lowest BCUT2D eigenvalue weighted by molar-refractivity contribution is 0.747. The maximum absolute atomic E-state index is 5.34. The lowest BCUT2D eigenvalue weighted by Crippen LogP contribution is -2.12. The monoisotopic (exact) mass is 259 g/mol. The summed E-state index contributed by atoms with van der Waals surface area (Å²) in [6.45, 7) is 0.558. The molecule has 9 nitrogen and oxygen atoms in total. The van der Waals surface area contributed by atoms with Crippen LogP contribution in [0.4, 0.5) is 11.8 Å². The second-order valence-corrected chi connectivity index (χ2v) is 4.01. The summed E-state index contributed by atoms with van der Waals surface area (Å²) in [6.07, 6.45) is 3.55. The highest BCUT2D eigenvalue weighted by Gasteiger charge is 2.09. The van der Waals surface area contributed by atoms with E-state index in [4.69, 9.17) is 5.84 Å². The predicted octanol–water partition coefficient (Wildman–Crippen LogP) is -0.0159. The summed E-state index contributed by atoms with van der Waals surface area (Å²) < 4.78 is 1.75. The molecule has 19 heavy (non-hydrogen) atoms. The Morgan fingerprint density at radius 3 is 3.05 bits per heavy atom. The third-order valence-corrected chi connectivity index (χ3v) is 2.64. The molecule has 0 spiro atoms. The van der Waals surface area contributed by atoms with Crippen LogP contribution in [0.15, 0.2) is 18.5 Å². The van der Waals surface area contributed by atoms with Crippen molar-refractivity contribution in [1.29, 1.82) is 0 Å². The molecule has 0 aliphatic heterocycles. The van der Waals surface area contributed by atoms with Crippen LogP contribution in [0, 0.1) is 0 Å². The fourth-order valence-corrected chi connectivity index (χ4v) is 1.77. The minimum absolute atomic E-state index is 0.320. The van der Waals surface area contributed by atoms with Gasteiger partial charge in [-0.1, -0.05) is 0 Å². The number of fused-ring (bicyclic) bond motifs is 1. The quantitative estimate of drug-likeness (QED) is 0.383. The van der Waals surface area contributed by atoms with Crippen molar-refractivity contribution < 1.29 is 0 Å². The molecule has 0 bridgehead atoms. The van der Waals surface area contributed by atoms with Gasteiger partial charge in [0, 0.05) is 13.2 Å². The molecule has 0 saturated heterocycles. The molecule has 98 valence electrons. The van der Waals surface area contributed by atoms with E-state index in [1.807, 2.05) is 19.3 Å². The highest BCUT2D eigenvalue weighted by Crippen LogP contribution is 2.19. The van der Waals surface area contributed by atoms with E-state index in [1.165, 1.54) is 0 Å². The van der Waals surface area contributed by atoms with Gasteiger partial charge in [0.15, 0.2) is 5.65 Å². The Bertz CT molecular complexity index is 698. The van der Waals surface area contributed by atoms with Crippen LogP contribution in [0.5, 0.6) is 0 Å². The molecule has 3 heterocycles. The standard InChI is InChI=1S/C10H13N9/c1-19-3-2-6(18-19)4-12-8-7-5-13-17-9(7)15-10(14-8)16-11/h2-3,5H,4,11H2,1H3,(H3,12,13,14,15,16,17). The third kappa shape index (κ3) is 2.18. The number of aromatic nitrogens is 6. The number of H-pyrrole nitrogens is 1. The summed E-state index contributed by atoms with van der Waals surface area (Å²) in [6, 6.07) is 1.93. The van der Waals surface area contributed by atoms with Crippen molar-refractivity contribution >= 4 is 22.8 Å². The van der Waals surface area contributed by atoms with Crippen LogP contribution in [0.2, 0.25) is 0 Å². The number of nitrogens with zero attached hydrogens (tertiary/aromatic N) is 5. The largest absolute Gasteiger partial charge is 0.364 e.